The molecule has 1 unspecified atom stereocenters. The van der Waals surface area contributed by atoms with Crippen LogP contribution in [0, 0.1) is 0 Å². The second kappa shape index (κ2) is 12.3. The van der Waals surface area contributed by atoms with Crippen LogP contribution >= 0.6 is 0 Å². The maximum Gasteiger partial charge on any atom is 0.102 e. The summed E-state index contributed by atoms with van der Waals surface area (Å²) in [6.07, 6.45) is 17.4. The Labute approximate surface area is 125 Å². The minimum absolute atomic E-state index is 0.248. The highest BCUT2D eigenvalue weighted by Crippen LogP contribution is 2.16. The van der Waals surface area contributed by atoms with Crippen molar-refractivity contribution in [2.75, 3.05) is 19.7 Å². The molecule has 3 nitrogen and oxygen atoms in total. The first kappa shape index (κ1) is 17.6. The summed E-state index contributed by atoms with van der Waals surface area (Å²) in [7, 11) is 0. The van der Waals surface area contributed by atoms with Crippen molar-refractivity contribution in [2.45, 2.75) is 83.7 Å². The molecule has 0 aromatic carbocycles. The molecule has 0 saturated heterocycles. The molecule has 0 bridgehead atoms. The van der Waals surface area contributed by atoms with Gasteiger partial charge in [-0.3, -0.25) is 9.89 Å². The van der Waals surface area contributed by atoms with Gasteiger partial charge in [0.05, 0.1) is 6.61 Å². The van der Waals surface area contributed by atoms with Gasteiger partial charge in [0.1, 0.15) is 6.17 Å². The Morgan fingerprint density at radius 3 is 2.20 bits per heavy atom. The third-order valence-corrected chi connectivity index (χ3v) is 4.22. The van der Waals surface area contributed by atoms with Gasteiger partial charge in [-0.15, -0.1) is 0 Å². The summed E-state index contributed by atoms with van der Waals surface area (Å²) in [4.78, 5) is 6.77. The summed E-state index contributed by atoms with van der Waals surface area (Å²) < 4.78 is 0. The van der Waals surface area contributed by atoms with Crippen molar-refractivity contribution in [2.24, 2.45) is 4.99 Å². The zero-order chi connectivity index (χ0) is 14.5. The molecule has 0 aromatic rings. The van der Waals surface area contributed by atoms with Crippen molar-refractivity contribution in [1.29, 1.82) is 0 Å². The number of hydrogen-bond acceptors (Lipinski definition) is 3. The Balaban J connectivity index is 1.86. The molecular formula is C17H34N2O. The van der Waals surface area contributed by atoms with E-state index in [0.29, 0.717) is 6.17 Å². The van der Waals surface area contributed by atoms with Crippen molar-refractivity contribution >= 4 is 6.21 Å². The molecule has 1 N–H and O–H groups in total. The van der Waals surface area contributed by atoms with Crippen LogP contribution in [0.15, 0.2) is 4.99 Å². The minimum Gasteiger partial charge on any atom is -0.395 e. The quantitative estimate of drug-likeness (QED) is 0.518. The number of hydrogen-bond donors (Lipinski definition) is 1. The number of aliphatic imine (C=N–C) groups is 1. The normalized spacial score (nSPS) is 19.0. The Bertz CT molecular complexity index is 243. The van der Waals surface area contributed by atoms with Gasteiger partial charge in [0.25, 0.3) is 0 Å². The first-order valence-corrected chi connectivity index (χ1v) is 8.75. The summed E-state index contributed by atoms with van der Waals surface area (Å²) in [5.74, 6) is 0. The molecule has 0 aliphatic carbocycles. The van der Waals surface area contributed by atoms with Gasteiger partial charge in [0.2, 0.25) is 0 Å². The van der Waals surface area contributed by atoms with E-state index in [2.05, 4.69) is 16.8 Å². The molecule has 1 heterocycles. The summed E-state index contributed by atoms with van der Waals surface area (Å²) in [6.45, 7) is 4.21. The molecule has 1 aliphatic rings. The third-order valence-electron chi connectivity index (χ3n) is 4.22. The van der Waals surface area contributed by atoms with Crippen LogP contribution in [0.4, 0.5) is 0 Å². The second-order valence-corrected chi connectivity index (χ2v) is 6.00. The highest BCUT2D eigenvalue weighted by molar-refractivity contribution is 5.62. The van der Waals surface area contributed by atoms with E-state index in [1.54, 1.807) is 0 Å². The highest BCUT2D eigenvalue weighted by atomic mass is 16.3. The molecule has 0 saturated carbocycles. The largest absolute Gasteiger partial charge is 0.395 e. The number of rotatable bonds is 13. The maximum absolute atomic E-state index is 8.99. The highest BCUT2D eigenvalue weighted by Gasteiger charge is 2.19. The summed E-state index contributed by atoms with van der Waals surface area (Å²) in [5.41, 5.74) is 0. The molecule has 1 atom stereocenters. The molecule has 0 spiro atoms. The molecule has 118 valence electrons. The molecular weight excluding hydrogens is 248 g/mol. The number of aliphatic hydroxyl groups is 1. The smallest absolute Gasteiger partial charge is 0.102 e. The fourth-order valence-electron chi connectivity index (χ4n) is 2.93. The fourth-order valence-corrected chi connectivity index (χ4v) is 2.93. The molecule has 1 rings (SSSR count). The van der Waals surface area contributed by atoms with Crippen molar-refractivity contribution < 1.29 is 5.11 Å². The molecule has 0 radical (unpaired) electrons. The monoisotopic (exact) mass is 282 g/mol. The van der Waals surface area contributed by atoms with Crippen LogP contribution in [0.5, 0.6) is 0 Å². The average Bonchev–Trinajstić information content (AvgIpc) is 2.89. The Morgan fingerprint density at radius 2 is 1.60 bits per heavy atom. The van der Waals surface area contributed by atoms with E-state index >= 15 is 0 Å². The van der Waals surface area contributed by atoms with Gasteiger partial charge in [0.15, 0.2) is 0 Å². The van der Waals surface area contributed by atoms with Gasteiger partial charge < -0.3 is 5.11 Å². The second-order valence-electron chi connectivity index (χ2n) is 6.00. The number of β-amino-alcohol motifs (C(OH)–C–C–N with tert-alkyl or cyclic N) is 1. The van der Waals surface area contributed by atoms with Crippen molar-refractivity contribution in [1.82, 2.24) is 4.90 Å². The fraction of sp³-hybridized carbons (Fsp3) is 0.941. The van der Waals surface area contributed by atoms with Crippen LogP contribution in [0.25, 0.3) is 0 Å². The van der Waals surface area contributed by atoms with E-state index in [1.165, 1.54) is 64.2 Å². The van der Waals surface area contributed by atoms with E-state index in [0.717, 1.165) is 19.5 Å². The SMILES string of the molecule is CCCCCCCCCCCCC1N=CCN1CCO. The summed E-state index contributed by atoms with van der Waals surface area (Å²) in [6, 6.07) is 0. The van der Waals surface area contributed by atoms with E-state index in [4.69, 9.17) is 5.11 Å². The van der Waals surface area contributed by atoms with E-state index in [9.17, 15) is 0 Å². The van der Waals surface area contributed by atoms with E-state index in [-0.39, 0.29) is 6.61 Å². The van der Waals surface area contributed by atoms with Crippen molar-refractivity contribution in [3.63, 3.8) is 0 Å². The zero-order valence-corrected chi connectivity index (χ0v) is 13.4. The third kappa shape index (κ3) is 8.01. The first-order valence-electron chi connectivity index (χ1n) is 8.75. The van der Waals surface area contributed by atoms with Gasteiger partial charge >= 0.3 is 0 Å². The summed E-state index contributed by atoms with van der Waals surface area (Å²) in [5, 5.41) is 8.99. The van der Waals surface area contributed by atoms with Crippen LogP contribution in [0.1, 0.15) is 77.6 Å². The lowest BCUT2D eigenvalue weighted by Crippen LogP contribution is -2.32. The molecule has 3 heteroatoms. The number of aliphatic hydroxyl groups excluding tert-OH is 1. The molecule has 0 fully saturated rings. The number of unbranched alkanes of at least 4 members (excludes halogenated alkanes) is 9. The minimum atomic E-state index is 0.248. The van der Waals surface area contributed by atoms with Crippen LogP contribution in [-0.4, -0.2) is 42.1 Å². The van der Waals surface area contributed by atoms with Gasteiger partial charge in [-0.05, 0) is 12.8 Å². The standard InChI is InChI=1S/C17H34N2O/c1-2-3-4-5-6-7-8-9-10-11-12-17-18-13-14-19(17)15-16-20/h13,17,20H,2-12,14-16H2,1H3. The van der Waals surface area contributed by atoms with E-state index in [1.807, 2.05) is 6.21 Å². The predicted molar refractivity (Wildman–Crippen MR) is 87.4 cm³/mol. The molecule has 0 amide bonds. The van der Waals surface area contributed by atoms with Gasteiger partial charge in [0, 0.05) is 19.3 Å². The molecule has 1 aliphatic heterocycles. The van der Waals surface area contributed by atoms with Gasteiger partial charge in [-0.2, -0.15) is 0 Å². The van der Waals surface area contributed by atoms with Crippen LogP contribution < -0.4 is 0 Å². The van der Waals surface area contributed by atoms with Crippen LogP contribution in [-0.2, 0) is 0 Å². The van der Waals surface area contributed by atoms with Crippen molar-refractivity contribution in [3.8, 4) is 0 Å². The Hall–Kier alpha value is -0.410. The lowest BCUT2D eigenvalue weighted by Gasteiger charge is -2.21. The average molecular weight is 282 g/mol. The maximum atomic E-state index is 8.99. The van der Waals surface area contributed by atoms with Crippen LogP contribution in [0.2, 0.25) is 0 Å². The molecule has 0 aromatic heterocycles. The van der Waals surface area contributed by atoms with Crippen LogP contribution in [0.3, 0.4) is 0 Å². The lowest BCUT2D eigenvalue weighted by molar-refractivity contribution is 0.176. The first-order chi connectivity index (χ1) is 9.88. The van der Waals surface area contributed by atoms with Crippen molar-refractivity contribution in [3.05, 3.63) is 0 Å². The zero-order valence-electron chi connectivity index (χ0n) is 13.4. The topological polar surface area (TPSA) is 35.8 Å². The van der Waals surface area contributed by atoms with Gasteiger partial charge in [-0.1, -0.05) is 64.7 Å². The number of nitrogens with zero attached hydrogens (tertiary/aromatic N) is 2. The lowest BCUT2D eigenvalue weighted by atomic mass is 10.1. The predicted octanol–water partition coefficient (Wildman–Crippen LogP) is 4.00. The molecule has 20 heavy (non-hydrogen) atoms. The Kier molecular flexibility index (Phi) is 10.9. The van der Waals surface area contributed by atoms with E-state index < -0.39 is 0 Å². The van der Waals surface area contributed by atoms with Gasteiger partial charge in [-0.25, -0.2) is 0 Å². The Morgan fingerprint density at radius 1 is 1.00 bits per heavy atom. The summed E-state index contributed by atoms with van der Waals surface area (Å²) >= 11 is 0.